The lowest BCUT2D eigenvalue weighted by Crippen LogP contribution is -2.18. The molecule has 1 rings (SSSR count). The van der Waals surface area contributed by atoms with Gasteiger partial charge in [-0.2, -0.15) is 0 Å². The molecule has 0 fully saturated rings. The summed E-state index contributed by atoms with van der Waals surface area (Å²) in [7, 11) is 0. The zero-order valence-corrected chi connectivity index (χ0v) is 16.6. The molecule has 0 heterocycles. The first-order valence-corrected chi connectivity index (χ1v) is 10.1. The quantitative estimate of drug-likeness (QED) is 0.243. The fourth-order valence-electron chi connectivity index (χ4n) is 2.69. The van der Waals surface area contributed by atoms with Gasteiger partial charge in [0, 0.05) is 6.42 Å². The van der Waals surface area contributed by atoms with Gasteiger partial charge in [0.25, 0.3) is 0 Å². The molecule has 0 saturated carbocycles. The van der Waals surface area contributed by atoms with E-state index in [1.54, 1.807) is 24.3 Å². The Morgan fingerprint density at radius 2 is 1.42 bits per heavy atom. The highest BCUT2D eigenvalue weighted by atomic mass is 16.6. The highest BCUT2D eigenvalue weighted by Gasteiger charge is 2.18. The Kier molecular flexibility index (Phi) is 11.4. The number of carbonyl (C=O) groups excluding carboxylic acids is 2. The van der Waals surface area contributed by atoms with E-state index in [1.807, 2.05) is 6.92 Å². The number of para-hydroxylation sites is 2. The molecule has 146 valence electrons. The molecular weight excluding hydrogens is 328 g/mol. The van der Waals surface area contributed by atoms with Crippen molar-refractivity contribution in [3.05, 3.63) is 24.3 Å². The second-order valence-corrected chi connectivity index (χ2v) is 6.90. The van der Waals surface area contributed by atoms with Crippen LogP contribution in [0.15, 0.2) is 24.3 Å². The van der Waals surface area contributed by atoms with E-state index in [1.165, 1.54) is 12.8 Å². The number of benzene rings is 1. The Hall–Kier alpha value is -1.84. The van der Waals surface area contributed by atoms with Crippen molar-refractivity contribution in [3.8, 4) is 11.5 Å². The third-order valence-corrected chi connectivity index (χ3v) is 4.41. The molecule has 0 N–H and O–H groups in total. The number of rotatable bonds is 13. The molecule has 0 aliphatic heterocycles. The van der Waals surface area contributed by atoms with Crippen molar-refractivity contribution in [2.24, 2.45) is 5.92 Å². The zero-order valence-electron chi connectivity index (χ0n) is 16.6. The standard InChI is InChI=1S/C22H34O4/c1-4-6-8-10-14-18(3)22(24)26-20-16-13-12-15-19(20)25-21(23)17-11-9-7-5-2/h12-13,15-16,18H,4-11,14,17H2,1-3H3. The average Bonchev–Trinajstić information content (AvgIpc) is 2.63. The van der Waals surface area contributed by atoms with Crippen LogP contribution in [0.3, 0.4) is 0 Å². The minimum atomic E-state index is -0.280. The molecule has 26 heavy (non-hydrogen) atoms. The van der Waals surface area contributed by atoms with Gasteiger partial charge in [0.2, 0.25) is 0 Å². The van der Waals surface area contributed by atoms with Gasteiger partial charge in [0.15, 0.2) is 11.5 Å². The van der Waals surface area contributed by atoms with Crippen molar-refractivity contribution in [1.29, 1.82) is 0 Å². The molecule has 1 unspecified atom stereocenters. The van der Waals surface area contributed by atoms with Crippen molar-refractivity contribution in [1.82, 2.24) is 0 Å². The minimum Gasteiger partial charge on any atom is -0.423 e. The predicted molar refractivity (Wildman–Crippen MR) is 104 cm³/mol. The maximum Gasteiger partial charge on any atom is 0.314 e. The van der Waals surface area contributed by atoms with Crippen LogP contribution in [0.4, 0.5) is 0 Å². The largest absolute Gasteiger partial charge is 0.423 e. The van der Waals surface area contributed by atoms with Gasteiger partial charge in [-0.15, -0.1) is 0 Å². The summed E-state index contributed by atoms with van der Waals surface area (Å²) in [4.78, 5) is 24.3. The summed E-state index contributed by atoms with van der Waals surface area (Å²) in [5, 5.41) is 0. The number of unbranched alkanes of at least 4 members (excludes halogenated alkanes) is 6. The van der Waals surface area contributed by atoms with Gasteiger partial charge in [-0.3, -0.25) is 9.59 Å². The van der Waals surface area contributed by atoms with E-state index in [0.717, 1.165) is 44.9 Å². The molecule has 1 aromatic carbocycles. The monoisotopic (exact) mass is 362 g/mol. The molecular formula is C22H34O4. The topological polar surface area (TPSA) is 52.6 Å². The van der Waals surface area contributed by atoms with Gasteiger partial charge in [0.1, 0.15) is 0 Å². The van der Waals surface area contributed by atoms with Crippen LogP contribution in [0.25, 0.3) is 0 Å². The molecule has 0 aromatic heterocycles. The summed E-state index contributed by atoms with van der Waals surface area (Å²) >= 11 is 0. The fourth-order valence-corrected chi connectivity index (χ4v) is 2.69. The van der Waals surface area contributed by atoms with Crippen LogP contribution < -0.4 is 9.47 Å². The molecule has 4 nitrogen and oxygen atoms in total. The second-order valence-electron chi connectivity index (χ2n) is 6.90. The van der Waals surface area contributed by atoms with E-state index < -0.39 is 0 Å². The van der Waals surface area contributed by atoms with Crippen LogP contribution in [0.2, 0.25) is 0 Å². The third-order valence-electron chi connectivity index (χ3n) is 4.41. The van der Waals surface area contributed by atoms with Crippen LogP contribution in [0.5, 0.6) is 11.5 Å². The lowest BCUT2D eigenvalue weighted by atomic mass is 10.0. The highest BCUT2D eigenvalue weighted by molar-refractivity contribution is 5.77. The summed E-state index contributed by atoms with van der Waals surface area (Å²) < 4.78 is 10.9. The number of hydrogen-bond donors (Lipinski definition) is 0. The van der Waals surface area contributed by atoms with E-state index in [4.69, 9.17) is 9.47 Å². The second kappa shape index (κ2) is 13.4. The molecule has 0 aliphatic carbocycles. The van der Waals surface area contributed by atoms with Crippen molar-refractivity contribution in [2.45, 2.75) is 85.0 Å². The Morgan fingerprint density at radius 1 is 0.846 bits per heavy atom. The van der Waals surface area contributed by atoms with E-state index in [0.29, 0.717) is 17.9 Å². The van der Waals surface area contributed by atoms with Crippen molar-refractivity contribution >= 4 is 11.9 Å². The van der Waals surface area contributed by atoms with Crippen molar-refractivity contribution in [2.75, 3.05) is 0 Å². The number of esters is 2. The predicted octanol–water partition coefficient (Wildman–Crippen LogP) is 6.07. The van der Waals surface area contributed by atoms with Gasteiger partial charge in [-0.05, 0) is 25.0 Å². The average molecular weight is 363 g/mol. The van der Waals surface area contributed by atoms with Crippen LogP contribution >= 0.6 is 0 Å². The van der Waals surface area contributed by atoms with Crippen LogP contribution in [0.1, 0.15) is 85.0 Å². The summed E-state index contributed by atoms with van der Waals surface area (Å²) in [6, 6.07) is 6.87. The lowest BCUT2D eigenvalue weighted by Gasteiger charge is -2.13. The Bertz CT molecular complexity index is 539. The molecule has 0 aliphatic rings. The van der Waals surface area contributed by atoms with Gasteiger partial charge in [-0.25, -0.2) is 0 Å². The number of ether oxygens (including phenoxy) is 2. The van der Waals surface area contributed by atoms with E-state index in [2.05, 4.69) is 13.8 Å². The highest BCUT2D eigenvalue weighted by Crippen LogP contribution is 2.28. The van der Waals surface area contributed by atoms with Crippen molar-refractivity contribution < 1.29 is 19.1 Å². The lowest BCUT2D eigenvalue weighted by molar-refractivity contribution is -0.140. The third kappa shape index (κ3) is 9.02. The molecule has 0 saturated heterocycles. The molecule has 1 aromatic rings. The van der Waals surface area contributed by atoms with Gasteiger partial charge in [-0.1, -0.05) is 77.8 Å². The maximum absolute atomic E-state index is 12.3. The fraction of sp³-hybridized carbons (Fsp3) is 0.636. The molecule has 0 radical (unpaired) electrons. The Labute approximate surface area is 158 Å². The van der Waals surface area contributed by atoms with E-state index in [9.17, 15) is 9.59 Å². The minimum absolute atomic E-state index is 0.162. The maximum atomic E-state index is 12.3. The van der Waals surface area contributed by atoms with E-state index in [-0.39, 0.29) is 17.9 Å². The zero-order chi connectivity index (χ0) is 19.2. The first kappa shape index (κ1) is 22.2. The summed E-state index contributed by atoms with van der Waals surface area (Å²) in [5.41, 5.74) is 0. The van der Waals surface area contributed by atoms with Crippen LogP contribution in [-0.2, 0) is 9.59 Å². The first-order chi connectivity index (χ1) is 12.6. The van der Waals surface area contributed by atoms with Gasteiger partial charge in [0.05, 0.1) is 5.92 Å². The van der Waals surface area contributed by atoms with Gasteiger partial charge < -0.3 is 9.47 Å². The molecule has 0 spiro atoms. The first-order valence-electron chi connectivity index (χ1n) is 10.1. The Balaban J connectivity index is 2.51. The number of hydrogen-bond acceptors (Lipinski definition) is 4. The number of carbonyl (C=O) groups is 2. The smallest absolute Gasteiger partial charge is 0.314 e. The molecule has 0 bridgehead atoms. The molecule has 4 heteroatoms. The van der Waals surface area contributed by atoms with Crippen LogP contribution in [0, 0.1) is 5.92 Å². The summed E-state index contributed by atoms with van der Waals surface area (Å²) in [5.74, 6) is -0.0749. The Morgan fingerprint density at radius 3 is 2.04 bits per heavy atom. The molecule has 1 atom stereocenters. The van der Waals surface area contributed by atoms with Crippen molar-refractivity contribution in [3.63, 3.8) is 0 Å². The SMILES string of the molecule is CCCCCCC(=O)Oc1ccccc1OC(=O)C(C)CCCCCC. The van der Waals surface area contributed by atoms with Crippen LogP contribution in [-0.4, -0.2) is 11.9 Å². The summed E-state index contributed by atoms with van der Waals surface area (Å²) in [6.07, 6.45) is 9.84. The van der Waals surface area contributed by atoms with Gasteiger partial charge >= 0.3 is 11.9 Å². The van der Waals surface area contributed by atoms with E-state index >= 15 is 0 Å². The molecule has 0 amide bonds. The normalized spacial score (nSPS) is 11.8. The summed E-state index contributed by atoms with van der Waals surface area (Å²) in [6.45, 7) is 6.18.